The topological polar surface area (TPSA) is 56.4 Å². The lowest BCUT2D eigenvalue weighted by atomic mass is 10.2. The van der Waals surface area contributed by atoms with Crippen molar-refractivity contribution >= 4 is 5.91 Å². The Morgan fingerprint density at radius 3 is 2.53 bits per heavy atom. The van der Waals surface area contributed by atoms with Gasteiger partial charge in [-0.3, -0.25) is 4.79 Å². The maximum Gasteiger partial charge on any atom is 0.471 e. The number of nitrogens with zero attached hydrogens (tertiary/aromatic N) is 1. The van der Waals surface area contributed by atoms with Crippen LogP contribution in [0.5, 0.6) is 0 Å². The van der Waals surface area contributed by atoms with E-state index < -0.39 is 12.1 Å². The Bertz CT molecular complexity index is 255. The summed E-state index contributed by atoms with van der Waals surface area (Å²) in [6, 6.07) is 0.299. The molecule has 0 spiro atoms. The van der Waals surface area contributed by atoms with Crippen LogP contribution >= 0.6 is 0 Å². The van der Waals surface area contributed by atoms with E-state index in [9.17, 15) is 18.0 Å². The highest BCUT2D eigenvalue weighted by molar-refractivity contribution is 5.81. The third-order valence-corrected chi connectivity index (χ3v) is 2.47. The van der Waals surface area contributed by atoms with Crippen molar-refractivity contribution in [1.82, 2.24) is 20.9 Å². The largest absolute Gasteiger partial charge is 0.471 e. The second kappa shape index (κ2) is 6.18. The van der Waals surface area contributed by atoms with Gasteiger partial charge < -0.3 is 20.9 Å². The third-order valence-electron chi connectivity index (χ3n) is 2.47. The predicted molar refractivity (Wildman–Crippen MR) is 56.4 cm³/mol. The van der Waals surface area contributed by atoms with Crippen LogP contribution < -0.4 is 16.0 Å². The Kier molecular flexibility index (Phi) is 5.16. The van der Waals surface area contributed by atoms with Crippen molar-refractivity contribution in [3.8, 4) is 0 Å². The summed E-state index contributed by atoms with van der Waals surface area (Å²) in [6.07, 6.45) is -4.81. The number of amides is 1. The van der Waals surface area contributed by atoms with Crippen LogP contribution in [-0.2, 0) is 4.79 Å². The standard InChI is InChI=1S/C9H17F3N4O/c1-13-6-16(8(17)9(10,11)12)3-2-15-7-4-14-5-7/h7,13-15H,2-6H2,1H3. The lowest BCUT2D eigenvalue weighted by Gasteiger charge is -2.30. The molecule has 0 aromatic rings. The van der Waals surface area contributed by atoms with E-state index >= 15 is 0 Å². The van der Waals surface area contributed by atoms with E-state index in [1.54, 1.807) is 0 Å². The summed E-state index contributed by atoms with van der Waals surface area (Å²) >= 11 is 0. The molecule has 0 radical (unpaired) electrons. The number of hydrogen-bond acceptors (Lipinski definition) is 4. The van der Waals surface area contributed by atoms with Gasteiger partial charge in [0.25, 0.3) is 0 Å². The van der Waals surface area contributed by atoms with Gasteiger partial charge in [-0.25, -0.2) is 0 Å². The van der Waals surface area contributed by atoms with Crippen molar-refractivity contribution in [2.75, 3.05) is 39.9 Å². The Morgan fingerprint density at radius 1 is 1.47 bits per heavy atom. The first-order valence-electron chi connectivity index (χ1n) is 5.40. The smallest absolute Gasteiger partial charge is 0.321 e. The molecule has 1 fully saturated rings. The normalized spacial score (nSPS) is 16.7. The van der Waals surface area contributed by atoms with Crippen molar-refractivity contribution in [2.24, 2.45) is 0 Å². The fourth-order valence-corrected chi connectivity index (χ4v) is 1.46. The molecule has 17 heavy (non-hydrogen) atoms. The number of carbonyl (C=O) groups excluding carboxylic acids is 1. The summed E-state index contributed by atoms with van der Waals surface area (Å²) in [5, 5.41) is 8.65. The van der Waals surface area contributed by atoms with E-state index in [4.69, 9.17) is 0 Å². The number of rotatable bonds is 6. The molecule has 1 aliphatic rings. The lowest BCUT2D eigenvalue weighted by molar-refractivity contribution is -0.185. The summed E-state index contributed by atoms with van der Waals surface area (Å²) < 4.78 is 36.7. The van der Waals surface area contributed by atoms with Gasteiger partial charge in [0.15, 0.2) is 0 Å². The third kappa shape index (κ3) is 4.49. The first kappa shape index (κ1) is 14.2. The summed E-state index contributed by atoms with van der Waals surface area (Å²) in [5.74, 6) is -1.81. The van der Waals surface area contributed by atoms with Crippen LogP contribution in [0.1, 0.15) is 0 Å². The number of halogens is 3. The summed E-state index contributed by atoms with van der Waals surface area (Å²) in [5.41, 5.74) is 0. The van der Waals surface area contributed by atoms with Gasteiger partial charge in [-0.1, -0.05) is 0 Å². The quantitative estimate of drug-likeness (QED) is 0.539. The molecule has 1 rings (SSSR count). The van der Waals surface area contributed by atoms with Crippen molar-refractivity contribution in [3.05, 3.63) is 0 Å². The molecule has 1 aliphatic heterocycles. The predicted octanol–water partition coefficient (Wildman–Crippen LogP) is -0.884. The maximum absolute atomic E-state index is 12.2. The number of nitrogens with one attached hydrogen (secondary N) is 3. The van der Waals surface area contributed by atoms with Gasteiger partial charge in [-0.05, 0) is 7.05 Å². The minimum absolute atomic E-state index is 0.0374. The molecule has 100 valence electrons. The first-order chi connectivity index (χ1) is 7.95. The average Bonchev–Trinajstić information content (AvgIpc) is 2.17. The van der Waals surface area contributed by atoms with Crippen LogP contribution in [-0.4, -0.2) is 62.9 Å². The molecule has 0 aliphatic carbocycles. The minimum atomic E-state index is -4.81. The van der Waals surface area contributed by atoms with Gasteiger partial charge in [0, 0.05) is 32.2 Å². The second-order valence-electron chi connectivity index (χ2n) is 3.89. The highest BCUT2D eigenvalue weighted by Gasteiger charge is 2.42. The van der Waals surface area contributed by atoms with Gasteiger partial charge in [-0.15, -0.1) is 0 Å². The SMILES string of the molecule is CNCN(CCNC1CNC1)C(=O)C(F)(F)F. The highest BCUT2D eigenvalue weighted by Crippen LogP contribution is 2.17. The zero-order valence-electron chi connectivity index (χ0n) is 9.60. The molecule has 1 amide bonds. The number of carbonyl (C=O) groups is 1. The molecule has 8 heteroatoms. The summed E-state index contributed by atoms with van der Waals surface area (Å²) in [7, 11) is 1.50. The van der Waals surface area contributed by atoms with E-state index in [-0.39, 0.29) is 13.2 Å². The van der Waals surface area contributed by atoms with Crippen LogP contribution in [0.4, 0.5) is 13.2 Å². The van der Waals surface area contributed by atoms with E-state index in [1.807, 2.05) is 0 Å². The maximum atomic E-state index is 12.2. The van der Waals surface area contributed by atoms with Gasteiger partial charge >= 0.3 is 12.1 Å². The van der Waals surface area contributed by atoms with Crippen molar-refractivity contribution in [2.45, 2.75) is 12.2 Å². The number of hydrogen-bond donors (Lipinski definition) is 3. The molecule has 0 saturated carbocycles. The minimum Gasteiger partial charge on any atom is -0.321 e. The van der Waals surface area contributed by atoms with E-state index in [1.165, 1.54) is 7.05 Å². The summed E-state index contributed by atoms with van der Waals surface area (Å²) in [4.78, 5) is 11.8. The Balaban J connectivity index is 2.33. The second-order valence-corrected chi connectivity index (χ2v) is 3.89. The van der Waals surface area contributed by atoms with Gasteiger partial charge in [-0.2, -0.15) is 13.2 Å². The van der Waals surface area contributed by atoms with Gasteiger partial charge in [0.2, 0.25) is 0 Å². The van der Waals surface area contributed by atoms with Crippen molar-refractivity contribution < 1.29 is 18.0 Å². The molecule has 0 bridgehead atoms. The molecule has 1 heterocycles. The van der Waals surface area contributed by atoms with Crippen molar-refractivity contribution in [1.29, 1.82) is 0 Å². The lowest BCUT2D eigenvalue weighted by Crippen LogP contribution is -2.57. The molecular weight excluding hydrogens is 237 g/mol. The van der Waals surface area contributed by atoms with Gasteiger partial charge in [0.1, 0.15) is 0 Å². The Hall–Kier alpha value is -0.860. The molecule has 3 N–H and O–H groups in total. The van der Waals surface area contributed by atoms with E-state index in [2.05, 4.69) is 16.0 Å². The molecule has 5 nitrogen and oxygen atoms in total. The monoisotopic (exact) mass is 254 g/mol. The molecule has 0 atom stereocenters. The van der Waals surface area contributed by atoms with E-state index in [0.29, 0.717) is 12.6 Å². The van der Waals surface area contributed by atoms with Crippen LogP contribution in [0.3, 0.4) is 0 Å². The fourth-order valence-electron chi connectivity index (χ4n) is 1.46. The van der Waals surface area contributed by atoms with Crippen LogP contribution in [0.2, 0.25) is 0 Å². The van der Waals surface area contributed by atoms with Crippen LogP contribution in [0, 0.1) is 0 Å². The molecular formula is C9H17F3N4O. The van der Waals surface area contributed by atoms with Crippen LogP contribution in [0.25, 0.3) is 0 Å². The fraction of sp³-hybridized carbons (Fsp3) is 0.889. The van der Waals surface area contributed by atoms with Gasteiger partial charge in [0.05, 0.1) is 6.67 Å². The number of alkyl halides is 3. The molecule has 0 aromatic heterocycles. The Morgan fingerprint density at radius 2 is 2.12 bits per heavy atom. The van der Waals surface area contributed by atoms with Crippen molar-refractivity contribution in [3.63, 3.8) is 0 Å². The zero-order valence-corrected chi connectivity index (χ0v) is 9.60. The summed E-state index contributed by atoms with van der Waals surface area (Å²) in [6.45, 7) is 1.92. The first-order valence-corrected chi connectivity index (χ1v) is 5.40. The van der Waals surface area contributed by atoms with Crippen LogP contribution in [0.15, 0.2) is 0 Å². The Labute approximate surface area is 97.7 Å². The molecule has 0 unspecified atom stereocenters. The van der Waals surface area contributed by atoms with E-state index in [0.717, 1.165) is 18.0 Å². The zero-order chi connectivity index (χ0) is 12.9. The molecule has 0 aromatic carbocycles. The highest BCUT2D eigenvalue weighted by atomic mass is 19.4. The average molecular weight is 254 g/mol. The molecule has 1 saturated heterocycles.